The molecule has 3 nitrogen and oxygen atoms in total. The third kappa shape index (κ3) is 4.87. The Morgan fingerprint density at radius 3 is 2.37 bits per heavy atom. The molecule has 19 heavy (non-hydrogen) atoms. The number of esters is 1. The van der Waals surface area contributed by atoms with E-state index in [9.17, 15) is 18.7 Å². The van der Waals surface area contributed by atoms with E-state index in [1.807, 2.05) is 0 Å². The molecule has 0 heterocycles. The van der Waals surface area contributed by atoms with Crippen LogP contribution in [0.1, 0.15) is 42.8 Å². The van der Waals surface area contributed by atoms with Gasteiger partial charge in [-0.15, -0.1) is 0 Å². The van der Waals surface area contributed by atoms with E-state index in [0.717, 1.165) is 0 Å². The molecule has 0 aromatic heterocycles. The van der Waals surface area contributed by atoms with Gasteiger partial charge in [0.1, 0.15) is 11.7 Å². The maximum absolute atomic E-state index is 12.5. The summed E-state index contributed by atoms with van der Waals surface area (Å²) in [4.78, 5) is 11.8. The second-order valence-corrected chi connectivity index (χ2v) is 5.97. The number of ether oxygens (including phenoxy) is 1. The highest BCUT2D eigenvalue weighted by Gasteiger charge is 2.23. The SMILES string of the molecule is CC(C)(C)OC(=O)c1cc(Br)cc(C(O)C(F)F)c1. The summed E-state index contributed by atoms with van der Waals surface area (Å²) in [7, 11) is 0. The van der Waals surface area contributed by atoms with Crippen molar-refractivity contribution >= 4 is 21.9 Å². The van der Waals surface area contributed by atoms with E-state index in [1.165, 1.54) is 18.2 Å². The minimum atomic E-state index is -2.92. The van der Waals surface area contributed by atoms with Crippen molar-refractivity contribution in [2.75, 3.05) is 0 Å². The smallest absolute Gasteiger partial charge is 0.338 e. The fourth-order valence-corrected chi connectivity index (χ4v) is 1.89. The van der Waals surface area contributed by atoms with Gasteiger partial charge in [0.05, 0.1) is 5.56 Å². The number of carbonyl (C=O) groups is 1. The summed E-state index contributed by atoms with van der Waals surface area (Å²) in [5.74, 6) is -0.628. The Hall–Kier alpha value is -1.01. The maximum Gasteiger partial charge on any atom is 0.338 e. The lowest BCUT2D eigenvalue weighted by atomic mass is 10.1. The van der Waals surface area contributed by atoms with E-state index in [-0.39, 0.29) is 11.1 Å². The van der Waals surface area contributed by atoms with Gasteiger partial charge in [-0.2, -0.15) is 0 Å². The molecule has 0 spiro atoms. The van der Waals surface area contributed by atoms with Crippen LogP contribution in [0.5, 0.6) is 0 Å². The Morgan fingerprint density at radius 1 is 1.32 bits per heavy atom. The van der Waals surface area contributed by atoms with E-state index >= 15 is 0 Å². The van der Waals surface area contributed by atoms with Crippen molar-refractivity contribution in [2.24, 2.45) is 0 Å². The van der Waals surface area contributed by atoms with Gasteiger partial charge < -0.3 is 9.84 Å². The van der Waals surface area contributed by atoms with Gasteiger partial charge in [0.15, 0.2) is 0 Å². The molecule has 0 saturated heterocycles. The molecule has 1 atom stereocenters. The molecule has 6 heteroatoms. The number of aliphatic hydroxyl groups excluding tert-OH is 1. The van der Waals surface area contributed by atoms with Gasteiger partial charge in [-0.1, -0.05) is 15.9 Å². The second-order valence-electron chi connectivity index (χ2n) is 5.05. The standard InChI is InChI=1S/C13H15BrF2O3/c1-13(2,3)19-12(18)8-4-7(5-9(14)6-8)10(17)11(15)16/h4-6,10-11,17H,1-3H3. The minimum Gasteiger partial charge on any atom is -0.456 e. The largest absolute Gasteiger partial charge is 0.456 e. The molecule has 1 N–H and O–H groups in total. The highest BCUT2D eigenvalue weighted by molar-refractivity contribution is 9.10. The monoisotopic (exact) mass is 336 g/mol. The fraction of sp³-hybridized carbons (Fsp3) is 0.462. The van der Waals surface area contributed by atoms with Crippen molar-refractivity contribution in [3.63, 3.8) is 0 Å². The Morgan fingerprint density at radius 2 is 1.89 bits per heavy atom. The second kappa shape index (κ2) is 5.96. The molecule has 1 unspecified atom stereocenters. The van der Waals surface area contributed by atoms with E-state index in [4.69, 9.17) is 4.74 Å². The van der Waals surface area contributed by atoms with Crippen LogP contribution in [-0.4, -0.2) is 23.1 Å². The normalized spacial score (nSPS) is 13.5. The van der Waals surface area contributed by atoms with Gasteiger partial charge >= 0.3 is 5.97 Å². The van der Waals surface area contributed by atoms with Crippen molar-refractivity contribution in [1.29, 1.82) is 0 Å². The summed E-state index contributed by atoms with van der Waals surface area (Å²) >= 11 is 3.11. The fourth-order valence-electron chi connectivity index (χ4n) is 1.38. The number of carbonyl (C=O) groups excluding carboxylic acids is 1. The first kappa shape index (κ1) is 16.0. The Labute approximate surface area is 118 Å². The van der Waals surface area contributed by atoms with Gasteiger partial charge in [0.25, 0.3) is 6.43 Å². The first-order valence-corrected chi connectivity index (χ1v) is 6.39. The summed E-state index contributed by atoms with van der Waals surface area (Å²) in [6.45, 7) is 5.12. The molecule has 0 aliphatic carbocycles. The predicted molar refractivity (Wildman–Crippen MR) is 70.3 cm³/mol. The summed E-state index contributed by atoms with van der Waals surface area (Å²) in [6, 6.07) is 4.00. The van der Waals surface area contributed by atoms with Gasteiger partial charge in [-0.25, -0.2) is 13.6 Å². The van der Waals surface area contributed by atoms with Crippen LogP contribution in [0.2, 0.25) is 0 Å². The van der Waals surface area contributed by atoms with Crippen molar-refractivity contribution in [1.82, 2.24) is 0 Å². The van der Waals surface area contributed by atoms with Crippen molar-refractivity contribution in [3.05, 3.63) is 33.8 Å². The van der Waals surface area contributed by atoms with Crippen molar-refractivity contribution < 1.29 is 23.4 Å². The topological polar surface area (TPSA) is 46.5 Å². The minimum absolute atomic E-state index is 0.0368. The van der Waals surface area contributed by atoms with Crippen LogP contribution in [0.25, 0.3) is 0 Å². The zero-order chi connectivity index (χ0) is 14.8. The molecule has 0 amide bonds. The molecule has 0 fully saturated rings. The Bertz CT molecular complexity index is 469. The van der Waals surface area contributed by atoms with Crippen molar-refractivity contribution in [3.8, 4) is 0 Å². The van der Waals surface area contributed by atoms with Crippen LogP contribution in [0.3, 0.4) is 0 Å². The summed E-state index contributed by atoms with van der Waals surface area (Å²) in [5.41, 5.74) is -0.606. The van der Waals surface area contributed by atoms with Crippen LogP contribution < -0.4 is 0 Å². The number of benzene rings is 1. The molecule has 0 aliphatic heterocycles. The van der Waals surface area contributed by atoms with E-state index < -0.39 is 24.1 Å². The number of alkyl halides is 2. The lowest BCUT2D eigenvalue weighted by Gasteiger charge is -2.20. The molecule has 1 rings (SSSR count). The number of hydrogen-bond acceptors (Lipinski definition) is 3. The van der Waals surface area contributed by atoms with Crippen LogP contribution in [0, 0.1) is 0 Å². The lowest BCUT2D eigenvalue weighted by molar-refractivity contribution is -0.00620. The first-order valence-electron chi connectivity index (χ1n) is 5.60. The van der Waals surface area contributed by atoms with Crippen LogP contribution in [-0.2, 0) is 4.74 Å². The van der Waals surface area contributed by atoms with E-state index in [1.54, 1.807) is 20.8 Å². The number of hydrogen-bond donors (Lipinski definition) is 1. The zero-order valence-electron chi connectivity index (χ0n) is 10.8. The molecular weight excluding hydrogens is 322 g/mol. The summed E-state index contributed by atoms with van der Waals surface area (Å²) in [5, 5.41) is 9.34. The number of aliphatic hydroxyl groups is 1. The molecular formula is C13H15BrF2O3. The van der Waals surface area contributed by atoms with Gasteiger partial charge in [-0.05, 0) is 44.5 Å². The Kier molecular flexibility index (Phi) is 5.04. The van der Waals surface area contributed by atoms with Crippen LogP contribution in [0.15, 0.2) is 22.7 Å². The number of rotatable bonds is 3. The quantitative estimate of drug-likeness (QED) is 0.856. The maximum atomic E-state index is 12.5. The Balaban J connectivity index is 3.06. The van der Waals surface area contributed by atoms with Crippen molar-refractivity contribution in [2.45, 2.75) is 38.9 Å². The third-order valence-electron chi connectivity index (χ3n) is 2.13. The highest BCUT2D eigenvalue weighted by atomic mass is 79.9. The van der Waals surface area contributed by atoms with E-state index in [0.29, 0.717) is 4.47 Å². The number of halogens is 3. The van der Waals surface area contributed by atoms with Crippen LogP contribution >= 0.6 is 15.9 Å². The molecule has 1 aromatic rings. The van der Waals surface area contributed by atoms with Gasteiger partial charge in [-0.3, -0.25) is 0 Å². The third-order valence-corrected chi connectivity index (χ3v) is 2.59. The summed E-state index contributed by atoms with van der Waals surface area (Å²) in [6.07, 6.45) is -4.85. The molecule has 1 aromatic carbocycles. The van der Waals surface area contributed by atoms with Gasteiger partial charge in [0, 0.05) is 4.47 Å². The molecule has 0 saturated carbocycles. The van der Waals surface area contributed by atoms with Gasteiger partial charge in [0.2, 0.25) is 0 Å². The summed E-state index contributed by atoms with van der Waals surface area (Å²) < 4.78 is 30.5. The average Bonchev–Trinajstić information content (AvgIpc) is 2.24. The molecule has 0 radical (unpaired) electrons. The first-order chi connectivity index (χ1) is 8.60. The van der Waals surface area contributed by atoms with E-state index in [2.05, 4.69) is 15.9 Å². The average molecular weight is 337 g/mol. The zero-order valence-corrected chi connectivity index (χ0v) is 12.4. The lowest BCUT2D eigenvalue weighted by Crippen LogP contribution is -2.24. The predicted octanol–water partition coefficient (Wildman–Crippen LogP) is 3.70. The molecule has 0 aliphatic rings. The van der Waals surface area contributed by atoms with Crippen LogP contribution in [0.4, 0.5) is 8.78 Å². The molecule has 0 bridgehead atoms. The molecule has 106 valence electrons. The highest BCUT2D eigenvalue weighted by Crippen LogP contribution is 2.26.